The van der Waals surface area contributed by atoms with E-state index in [4.69, 9.17) is 9.15 Å². The molecule has 0 bridgehead atoms. The molecule has 6 nitrogen and oxygen atoms in total. The molecule has 126 valence electrons. The molecule has 0 saturated heterocycles. The molecule has 6 heteroatoms. The maximum absolute atomic E-state index is 11.9. The predicted octanol–water partition coefficient (Wildman–Crippen LogP) is 4.39. The molecule has 0 atom stereocenters. The second-order valence-electron chi connectivity index (χ2n) is 5.20. The van der Waals surface area contributed by atoms with Gasteiger partial charge >= 0.3 is 12.1 Å². The van der Waals surface area contributed by atoms with E-state index in [1.165, 1.54) is 6.26 Å². The second-order valence-corrected chi connectivity index (χ2v) is 5.20. The first-order valence-corrected chi connectivity index (χ1v) is 7.53. The van der Waals surface area contributed by atoms with Crippen molar-refractivity contribution in [2.24, 2.45) is 0 Å². The molecule has 2 aromatic carbocycles. The summed E-state index contributed by atoms with van der Waals surface area (Å²) in [7, 11) is 0. The van der Waals surface area contributed by atoms with E-state index in [0.29, 0.717) is 22.4 Å². The van der Waals surface area contributed by atoms with Gasteiger partial charge in [0.2, 0.25) is 5.76 Å². The van der Waals surface area contributed by atoms with Crippen molar-refractivity contribution in [2.45, 2.75) is 6.61 Å². The fourth-order valence-corrected chi connectivity index (χ4v) is 2.40. The molecular formula is C19H15NO5. The molecule has 3 rings (SSSR count). The monoisotopic (exact) mass is 337 g/mol. The molecule has 0 aliphatic carbocycles. The quantitative estimate of drug-likeness (QED) is 0.720. The number of ether oxygens (including phenoxy) is 1. The molecule has 0 radical (unpaired) electrons. The van der Waals surface area contributed by atoms with Gasteiger partial charge in [-0.1, -0.05) is 48.5 Å². The van der Waals surface area contributed by atoms with Crippen LogP contribution in [0.3, 0.4) is 0 Å². The Morgan fingerprint density at radius 3 is 2.28 bits per heavy atom. The van der Waals surface area contributed by atoms with Crippen LogP contribution in [0.5, 0.6) is 0 Å². The van der Waals surface area contributed by atoms with E-state index >= 15 is 0 Å². The number of carbonyl (C=O) groups excluding carboxylic acids is 1. The van der Waals surface area contributed by atoms with E-state index in [2.05, 4.69) is 5.32 Å². The molecule has 25 heavy (non-hydrogen) atoms. The molecule has 1 aromatic heterocycles. The Labute approximate surface area is 143 Å². The van der Waals surface area contributed by atoms with Crippen molar-refractivity contribution in [1.82, 2.24) is 0 Å². The minimum Gasteiger partial charge on any atom is -0.475 e. The van der Waals surface area contributed by atoms with Gasteiger partial charge in [-0.25, -0.2) is 9.59 Å². The minimum absolute atomic E-state index is 0.111. The van der Waals surface area contributed by atoms with Crippen molar-refractivity contribution in [3.05, 3.63) is 78.3 Å². The highest BCUT2D eigenvalue weighted by molar-refractivity contribution is 5.94. The molecule has 0 fully saturated rings. The van der Waals surface area contributed by atoms with Crippen molar-refractivity contribution < 1.29 is 23.8 Å². The van der Waals surface area contributed by atoms with Crippen molar-refractivity contribution in [2.75, 3.05) is 5.32 Å². The Morgan fingerprint density at radius 2 is 1.64 bits per heavy atom. The van der Waals surface area contributed by atoms with Crippen LogP contribution in [0.1, 0.15) is 16.1 Å². The number of carboxylic acids is 1. The third-order valence-electron chi connectivity index (χ3n) is 3.50. The number of nitrogens with one attached hydrogen (secondary N) is 1. The first kappa shape index (κ1) is 16.3. The minimum atomic E-state index is -1.18. The van der Waals surface area contributed by atoms with Gasteiger partial charge in [0.15, 0.2) is 0 Å². The fourth-order valence-electron chi connectivity index (χ4n) is 2.40. The van der Waals surface area contributed by atoms with Crippen molar-refractivity contribution in [3.8, 4) is 11.1 Å². The third kappa shape index (κ3) is 3.87. The summed E-state index contributed by atoms with van der Waals surface area (Å²) in [5.74, 6) is -1.37. The Morgan fingerprint density at radius 1 is 1.00 bits per heavy atom. The van der Waals surface area contributed by atoms with Gasteiger partial charge in [0.1, 0.15) is 6.61 Å². The molecule has 0 unspecified atom stereocenters. The summed E-state index contributed by atoms with van der Waals surface area (Å²) in [6.07, 6.45) is 0.657. The van der Waals surface area contributed by atoms with E-state index in [-0.39, 0.29) is 12.4 Å². The Balaban J connectivity index is 1.77. The normalized spacial score (nSPS) is 10.2. The molecule has 2 N–H and O–H groups in total. The number of benzene rings is 2. The van der Waals surface area contributed by atoms with Gasteiger partial charge in [-0.05, 0) is 17.7 Å². The highest BCUT2D eigenvalue weighted by Crippen LogP contribution is 2.30. The number of furan rings is 1. The van der Waals surface area contributed by atoms with E-state index < -0.39 is 12.1 Å². The highest BCUT2D eigenvalue weighted by Gasteiger charge is 2.21. The summed E-state index contributed by atoms with van der Waals surface area (Å²) >= 11 is 0. The first-order valence-electron chi connectivity index (χ1n) is 7.53. The van der Waals surface area contributed by atoms with Crippen LogP contribution in [0.15, 0.2) is 71.3 Å². The summed E-state index contributed by atoms with van der Waals surface area (Å²) in [6, 6.07) is 17.8. The van der Waals surface area contributed by atoms with Crippen LogP contribution in [0.25, 0.3) is 11.1 Å². The van der Waals surface area contributed by atoms with E-state index in [9.17, 15) is 14.7 Å². The molecule has 3 aromatic rings. The summed E-state index contributed by atoms with van der Waals surface area (Å²) in [5, 5.41) is 11.9. The average Bonchev–Trinajstić information content (AvgIpc) is 3.06. The first-order chi connectivity index (χ1) is 12.1. The zero-order valence-corrected chi connectivity index (χ0v) is 13.1. The molecule has 0 spiro atoms. The van der Waals surface area contributed by atoms with Gasteiger partial charge in [-0.2, -0.15) is 0 Å². The van der Waals surface area contributed by atoms with E-state index in [0.717, 1.165) is 0 Å². The average molecular weight is 337 g/mol. The van der Waals surface area contributed by atoms with Crippen molar-refractivity contribution >= 4 is 17.7 Å². The van der Waals surface area contributed by atoms with Crippen LogP contribution in [0.4, 0.5) is 10.5 Å². The number of aromatic carboxylic acids is 1. The standard InChI is InChI=1S/C19H15NO5/c21-18(22)17-16(13-7-3-1-4-8-13)14(11-24-17)12-25-19(23)20-15-9-5-2-6-10-15/h1-11H,12H2,(H,20,23)(H,21,22). The number of hydrogen-bond acceptors (Lipinski definition) is 4. The van der Waals surface area contributed by atoms with Crippen LogP contribution in [-0.2, 0) is 11.3 Å². The number of anilines is 1. The number of carboxylic acid groups (broad SMARTS) is 1. The maximum Gasteiger partial charge on any atom is 0.411 e. The van der Waals surface area contributed by atoms with Crippen LogP contribution in [0.2, 0.25) is 0 Å². The number of hydrogen-bond donors (Lipinski definition) is 2. The molecule has 0 saturated carbocycles. The van der Waals surface area contributed by atoms with Crippen LogP contribution >= 0.6 is 0 Å². The van der Waals surface area contributed by atoms with Gasteiger partial charge in [0.25, 0.3) is 0 Å². The van der Waals surface area contributed by atoms with Crippen LogP contribution < -0.4 is 5.32 Å². The lowest BCUT2D eigenvalue weighted by Crippen LogP contribution is -2.13. The van der Waals surface area contributed by atoms with Crippen molar-refractivity contribution in [3.63, 3.8) is 0 Å². The lowest BCUT2D eigenvalue weighted by Gasteiger charge is -2.08. The number of rotatable bonds is 5. The number of para-hydroxylation sites is 1. The zero-order valence-electron chi connectivity index (χ0n) is 13.1. The Kier molecular flexibility index (Phi) is 4.80. The lowest BCUT2D eigenvalue weighted by molar-refractivity contribution is 0.0663. The molecule has 1 heterocycles. The Hall–Kier alpha value is -3.54. The largest absolute Gasteiger partial charge is 0.475 e. The van der Waals surface area contributed by atoms with Crippen molar-refractivity contribution in [1.29, 1.82) is 0 Å². The van der Waals surface area contributed by atoms with Gasteiger partial charge < -0.3 is 14.3 Å². The summed E-state index contributed by atoms with van der Waals surface area (Å²) < 4.78 is 10.3. The van der Waals surface area contributed by atoms with Gasteiger partial charge in [-0.15, -0.1) is 0 Å². The van der Waals surface area contributed by atoms with E-state index in [1.807, 2.05) is 12.1 Å². The maximum atomic E-state index is 11.9. The third-order valence-corrected chi connectivity index (χ3v) is 3.50. The van der Waals surface area contributed by atoms with Gasteiger partial charge in [0.05, 0.1) is 6.26 Å². The summed E-state index contributed by atoms with van der Waals surface area (Å²) in [6.45, 7) is -0.111. The topological polar surface area (TPSA) is 88.8 Å². The number of amides is 1. The zero-order chi connectivity index (χ0) is 17.6. The Bertz CT molecular complexity index is 871. The fraction of sp³-hybridized carbons (Fsp3) is 0.0526. The summed E-state index contributed by atoms with van der Waals surface area (Å²) in [5.41, 5.74) is 2.16. The summed E-state index contributed by atoms with van der Waals surface area (Å²) in [4.78, 5) is 23.3. The molecule has 0 aliphatic rings. The lowest BCUT2D eigenvalue weighted by atomic mass is 10.0. The molecular weight excluding hydrogens is 322 g/mol. The van der Waals surface area contributed by atoms with Gasteiger partial charge in [0, 0.05) is 16.8 Å². The second kappa shape index (κ2) is 7.35. The number of carbonyl (C=O) groups is 2. The SMILES string of the molecule is O=C(Nc1ccccc1)OCc1coc(C(=O)O)c1-c1ccccc1. The molecule has 0 aliphatic heterocycles. The highest BCUT2D eigenvalue weighted by atomic mass is 16.5. The smallest absolute Gasteiger partial charge is 0.411 e. The predicted molar refractivity (Wildman–Crippen MR) is 91.4 cm³/mol. The van der Waals surface area contributed by atoms with E-state index in [1.54, 1.807) is 48.5 Å². The van der Waals surface area contributed by atoms with Crippen LogP contribution in [0, 0.1) is 0 Å². The van der Waals surface area contributed by atoms with Crippen LogP contribution in [-0.4, -0.2) is 17.2 Å². The van der Waals surface area contributed by atoms with Gasteiger partial charge in [-0.3, -0.25) is 5.32 Å². The molecule has 1 amide bonds.